The first kappa shape index (κ1) is 18.8. The monoisotopic (exact) mass is 524 g/mol. The van der Waals surface area contributed by atoms with Crippen molar-refractivity contribution in [3.63, 3.8) is 0 Å². The number of rotatable bonds is 2. The Morgan fingerprint density at radius 2 is 1.07 bits per heavy atom. The van der Waals surface area contributed by atoms with E-state index in [-0.39, 0.29) is 24.2 Å². The first-order valence-corrected chi connectivity index (χ1v) is 13.8. The van der Waals surface area contributed by atoms with E-state index in [1.807, 2.05) is 18.2 Å². The summed E-state index contributed by atoms with van der Waals surface area (Å²) in [6.45, 7) is 0. The Kier molecular flexibility index (Phi) is 3.92. The Labute approximate surface area is 242 Å². The SMILES string of the molecule is [2H]c1c([2H])c([2H])c2c(ccc3oc4cccc(-c5c6ccccc6c(-c6ccc7ccccc7c6)c6ccccc56)c4c32)c1[2H]. The topological polar surface area (TPSA) is 13.1 Å². The smallest absolute Gasteiger partial charge is 0.136 e. The van der Waals surface area contributed by atoms with Crippen molar-refractivity contribution in [3.8, 4) is 22.3 Å². The van der Waals surface area contributed by atoms with Gasteiger partial charge in [0, 0.05) is 10.8 Å². The summed E-state index contributed by atoms with van der Waals surface area (Å²) in [7, 11) is 0. The Balaban J connectivity index is 1.46. The first-order chi connectivity index (χ1) is 22.0. The van der Waals surface area contributed by atoms with Crippen LogP contribution in [-0.4, -0.2) is 0 Å². The highest BCUT2D eigenvalue weighted by atomic mass is 16.3. The molecule has 0 atom stereocenters. The summed E-state index contributed by atoms with van der Waals surface area (Å²) >= 11 is 0. The third kappa shape index (κ3) is 3.24. The van der Waals surface area contributed by atoms with E-state index in [4.69, 9.17) is 9.90 Å². The number of benzene rings is 8. The maximum absolute atomic E-state index is 8.91. The average molecular weight is 525 g/mol. The lowest BCUT2D eigenvalue weighted by Crippen LogP contribution is -1.91. The van der Waals surface area contributed by atoms with E-state index in [1.165, 1.54) is 16.3 Å². The maximum Gasteiger partial charge on any atom is 0.136 e. The fourth-order valence-electron chi connectivity index (χ4n) is 6.62. The molecule has 9 aromatic rings. The predicted molar refractivity (Wildman–Crippen MR) is 175 cm³/mol. The van der Waals surface area contributed by atoms with Crippen LogP contribution in [0.3, 0.4) is 0 Å². The average Bonchev–Trinajstić information content (AvgIpc) is 3.47. The summed E-state index contributed by atoms with van der Waals surface area (Å²) in [6.07, 6.45) is 0. The Morgan fingerprint density at radius 3 is 1.85 bits per heavy atom. The van der Waals surface area contributed by atoms with Gasteiger partial charge in [0.1, 0.15) is 11.2 Å². The lowest BCUT2D eigenvalue weighted by Gasteiger charge is -2.18. The van der Waals surface area contributed by atoms with Crippen LogP contribution in [0, 0.1) is 0 Å². The predicted octanol–water partition coefficient (Wildman–Crippen LogP) is 11.5. The first-order valence-electron chi connectivity index (χ1n) is 15.8. The molecule has 1 heteroatoms. The molecule has 9 rings (SSSR count). The van der Waals surface area contributed by atoms with E-state index >= 15 is 0 Å². The minimum atomic E-state index is -0.248. The molecule has 0 aliphatic carbocycles. The second-order valence-electron chi connectivity index (χ2n) is 10.5. The van der Waals surface area contributed by atoms with Crippen molar-refractivity contribution >= 4 is 65.0 Å². The van der Waals surface area contributed by atoms with Gasteiger partial charge in [-0.15, -0.1) is 0 Å². The summed E-state index contributed by atoms with van der Waals surface area (Å²) in [5.74, 6) is 0. The molecule has 0 aliphatic rings. The van der Waals surface area contributed by atoms with E-state index in [9.17, 15) is 0 Å². The van der Waals surface area contributed by atoms with Crippen LogP contribution in [0.4, 0.5) is 0 Å². The molecule has 1 heterocycles. The lowest BCUT2D eigenvalue weighted by atomic mass is 9.84. The van der Waals surface area contributed by atoms with Crippen LogP contribution in [0.15, 0.2) is 150 Å². The molecule has 190 valence electrons. The van der Waals surface area contributed by atoms with Crippen molar-refractivity contribution < 1.29 is 9.90 Å². The van der Waals surface area contributed by atoms with Gasteiger partial charge < -0.3 is 4.42 Å². The Morgan fingerprint density at radius 1 is 0.439 bits per heavy atom. The number of hydrogen-bond donors (Lipinski definition) is 0. The highest BCUT2D eigenvalue weighted by Crippen LogP contribution is 2.47. The minimum Gasteiger partial charge on any atom is -0.456 e. The van der Waals surface area contributed by atoms with E-state index in [2.05, 4.69) is 97.1 Å². The van der Waals surface area contributed by atoms with Gasteiger partial charge in [-0.2, -0.15) is 0 Å². The van der Waals surface area contributed by atoms with Crippen molar-refractivity contribution in [2.75, 3.05) is 0 Å². The zero-order chi connectivity index (χ0) is 30.4. The second-order valence-corrected chi connectivity index (χ2v) is 10.5. The lowest BCUT2D eigenvalue weighted by molar-refractivity contribution is 0.669. The number of hydrogen-bond acceptors (Lipinski definition) is 1. The van der Waals surface area contributed by atoms with E-state index in [0.717, 1.165) is 43.6 Å². The third-order valence-electron chi connectivity index (χ3n) is 8.35. The van der Waals surface area contributed by atoms with Crippen LogP contribution in [0.2, 0.25) is 0 Å². The Hall–Kier alpha value is -5.40. The summed E-state index contributed by atoms with van der Waals surface area (Å²) < 4.78 is 40.7. The van der Waals surface area contributed by atoms with Crippen LogP contribution in [-0.2, 0) is 0 Å². The van der Waals surface area contributed by atoms with E-state index in [0.29, 0.717) is 27.3 Å². The second kappa shape index (κ2) is 8.55. The summed E-state index contributed by atoms with van der Waals surface area (Å²) in [5.41, 5.74) is 5.63. The van der Waals surface area contributed by atoms with Crippen molar-refractivity contribution in [3.05, 3.63) is 145 Å². The van der Waals surface area contributed by atoms with Gasteiger partial charge in [-0.3, -0.25) is 0 Å². The fraction of sp³-hybridized carbons (Fsp3) is 0. The molecule has 41 heavy (non-hydrogen) atoms. The van der Waals surface area contributed by atoms with Crippen LogP contribution in [0.25, 0.3) is 87.3 Å². The molecule has 0 bridgehead atoms. The molecule has 1 aromatic heterocycles. The standard InChI is InChI=1S/C40H24O/c1-2-12-27-24-28(21-20-25(27)10-1)37-30-14-5-7-16-32(30)38(33-17-8-6-15-31(33)37)34-18-9-19-35-40(34)39-29-13-4-3-11-26(29)22-23-36(39)41-35/h1-24H/i3D,4D,11D,13D. The molecule has 0 N–H and O–H groups in total. The van der Waals surface area contributed by atoms with Crippen molar-refractivity contribution in [1.29, 1.82) is 0 Å². The van der Waals surface area contributed by atoms with Crippen molar-refractivity contribution in [1.82, 2.24) is 0 Å². The van der Waals surface area contributed by atoms with E-state index < -0.39 is 0 Å². The van der Waals surface area contributed by atoms with Crippen molar-refractivity contribution in [2.24, 2.45) is 0 Å². The molecule has 1 nitrogen and oxygen atoms in total. The largest absolute Gasteiger partial charge is 0.456 e. The van der Waals surface area contributed by atoms with Gasteiger partial charge in [-0.05, 0) is 83.5 Å². The zero-order valence-electron chi connectivity index (χ0n) is 26.0. The van der Waals surface area contributed by atoms with Gasteiger partial charge in [-0.25, -0.2) is 0 Å². The van der Waals surface area contributed by atoms with Crippen molar-refractivity contribution in [2.45, 2.75) is 0 Å². The molecule has 0 unspecified atom stereocenters. The molecular formula is C40H24O. The molecule has 0 aliphatic heterocycles. The maximum atomic E-state index is 8.91. The van der Waals surface area contributed by atoms with Gasteiger partial charge in [0.2, 0.25) is 0 Å². The highest BCUT2D eigenvalue weighted by molar-refractivity contribution is 6.28. The highest BCUT2D eigenvalue weighted by Gasteiger charge is 2.21. The van der Waals surface area contributed by atoms with Crippen LogP contribution in [0.1, 0.15) is 5.48 Å². The van der Waals surface area contributed by atoms with Crippen LogP contribution >= 0.6 is 0 Å². The minimum absolute atomic E-state index is 0.0460. The molecule has 0 saturated heterocycles. The van der Waals surface area contributed by atoms with Gasteiger partial charge in [-0.1, -0.05) is 127 Å². The third-order valence-corrected chi connectivity index (χ3v) is 8.35. The quantitative estimate of drug-likeness (QED) is 0.205. The number of furan rings is 1. The van der Waals surface area contributed by atoms with Crippen LogP contribution < -0.4 is 0 Å². The summed E-state index contributed by atoms with van der Waals surface area (Å²) in [6, 6.07) is 41.2. The molecule has 0 saturated carbocycles. The van der Waals surface area contributed by atoms with Crippen LogP contribution in [0.5, 0.6) is 0 Å². The Bertz CT molecular complexity index is 2650. The van der Waals surface area contributed by atoms with E-state index in [1.54, 1.807) is 6.07 Å². The van der Waals surface area contributed by atoms with Gasteiger partial charge in [0.05, 0.1) is 5.48 Å². The normalized spacial score (nSPS) is 13.3. The van der Waals surface area contributed by atoms with Gasteiger partial charge in [0.15, 0.2) is 0 Å². The summed E-state index contributed by atoms with van der Waals surface area (Å²) in [5, 5.41) is 9.38. The molecule has 0 spiro atoms. The molecule has 8 aromatic carbocycles. The van der Waals surface area contributed by atoms with Gasteiger partial charge in [0.25, 0.3) is 0 Å². The molecule has 0 fully saturated rings. The zero-order valence-corrected chi connectivity index (χ0v) is 22.0. The molecule has 0 radical (unpaired) electrons. The number of fused-ring (bicyclic) bond motifs is 8. The fourth-order valence-corrected chi connectivity index (χ4v) is 6.62. The van der Waals surface area contributed by atoms with Gasteiger partial charge >= 0.3 is 0 Å². The summed E-state index contributed by atoms with van der Waals surface area (Å²) in [4.78, 5) is 0. The molecular weight excluding hydrogens is 496 g/mol. The molecule has 0 amide bonds.